The van der Waals surface area contributed by atoms with E-state index in [0.29, 0.717) is 32.8 Å². The van der Waals surface area contributed by atoms with Crippen LogP contribution in [-0.2, 0) is 14.3 Å². The lowest BCUT2D eigenvalue weighted by Crippen LogP contribution is -2.29. The van der Waals surface area contributed by atoms with Crippen LogP contribution in [0.1, 0.15) is 12.5 Å². The molecule has 0 radical (unpaired) electrons. The molecule has 0 aliphatic rings. The second-order valence-corrected chi connectivity index (χ2v) is 6.93. The average Bonchev–Trinajstić information content (AvgIpc) is 2.69. The summed E-state index contributed by atoms with van der Waals surface area (Å²) in [6.45, 7) is 1.44. The fourth-order valence-corrected chi connectivity index (χ4v) is 2.94. The summed E-state index contributed by atoms with van der Waals surface area (Å²) < 4.78 is 15.5. The van der Waals surface area contributed by atoms with Crippen LogP contribution in [0.4, 0.5) is 5.69 Å². The molecular formula is C20H18Cl3NO5. The number of hydrogen-bond acceptors (Lipinski definition) is 5. The minimum atomic E-state index is -1.06. The highest BCUT2D eigenvalue weighted by molar-refractivity contribution is 6.44. The standard InChI is InChI=1S/C20H18Cl3NO5/c1-11(20(26)24-15-6-4-5-13(21)18(15)23)29-17(25)8-7-12-9-14(22)19(28-3)16(10-12)27-2/h4-11H,1-3H3,(H,24,26)/b8-7+. The molecule has 1 unspecified atom stereocenters. The summed E-state index contributed by atoms with van der Waals surface area (Å²) in [5.41, 5.74) is 0.912. The van der Waals surface area contributed by atoms with Crippen LogP contribution < -0.4 is 14.8 Å². The van der Waals surface area contributed by atoms with E-state index in [9.17, 15) is 9.59 Å². The number of carbonyl (C=O) groups is 2. The molecule has 0 saturated carbocycles. The van der Waals surface area contributed by atoms with Gasteiger partial charge in [0.05, 0.1) is 35.0 Å². The molecule has 2 aromatic rings. The summed E-state index contributed by atoms with van der Waals surface area (Å²) in [5.74, 6) is -0.459. The third-order valence-electron chi connectivity index (χ3n) is 3.74. The van der Waals surface area contributed by atoms with Gasteiger partial charge in [-0.3, -0.25) is 4.79 Å². The largest absolute Gasteiger partial charge is 0.493 e. The van der Waals surface area contributed by atoms with E-state index < -0.39 is 18.0 Å². The second kappa shape index (κ2) is 10.4. The highest BCUT2D eigenvalue weighted by Crippen LogP contribution is 2.36. The molecule has 0 aliphatic carbocycles. The lowest BCUT2D eigenvalue weighted by molar-refractivity contribution is -0.148. The zero-order chi connectivity index (χ0) is 21.6. The number of anilines is 1. The first-order valence-electron chi connectivity index (χ1n) is 8.32. The maximum Gasteiger partial charge on any atom is 0.331 e. The van der Waals surface area contributed by atoms with E-state index in [-0.39, 0.29) is 5.02 Å². The second-order valence-electron chi connectivity index (χ2n) is 5.74. The van der Waals surface area contributed by atoms with E-state index in [1.54, 1.807) is 30.3 Å². The van der Waals surface area contributed by atoms with Crippen molar-refractivity contribution in [3.05, 3.63) is 57.0 Å². The first kappa shape index (κ1) is 22.9. The number of ether oxygens (including phenoxy) is 3. The Hall–Kier alpha value is -2.41. The molecule has 9 heteroatoms. The third kappa shape index (κ3) is 6.03. The fourth-order valence-electron chi connectivity index (χ4n) is 2.30. The van der Waals surface area contributed by atoms with Crippen molar-refractivity contribution in [3.63, 3.8) is 0 Å². The maximum atomic E-state index is 12.2. The molecule has 6 nitrogen and oxygen atoms in total. The number of carbonyl (C=O) groups excluding carboxylic acids is 2. The Kier molecular flexibility index (Phi) is 8.20. The van der Waals surface area contributed by atoms with Gasteiger partial charge in [-0.15, -0.1) is 0 Å². The molecule has 0 spiro atoms. The summed E-state index contributed by atoms with van der Waals surface area (Å²) in [6.07, 6.45) is 1.60. The van der Waals surface area contributed by atoms with E-state index >= 15 is 0 Å². The molecule has 29 heavy (non-hydrogen) atoms. The van der Waals surface area contributed by atoms with Crippen LogP contribution in [0.3, 0.4) is 0 Å². The van der Waals surface area contributed by atoms with Crippen molar-refractivity contribution in [2.75, 3.05) is 19.5 Å². The maximum absolute atomic E-state index is 12.2. The third-order valence-corrected chi connectivity index (χ3v) is 4.84. The van der Waals surface area contributed by atoms with E-state index in [2.05, 4.69) is 5.32 Å². The fraction of sp³-hybridized carbons (Fsp3) is 0.200. The predicted molar refractivity (Wildman–Crippen MR) is 114 cm³/mol. The lowest BCUT2D eigenvalue weighted by Gasteiger charge is -2.13. The zero-order valence-electron chi connectivity index (χ0n) is 15.8. The lowest BCUT2D eigenvalue weighted by atomic mass is 10.2. The van der Waals surface area contributed by atoms with Crippen molar-refractivity contribution in [1.82, 2.24) is 0 Å². The number of halogens is 3. The summed E-state index contributed by atoms with van der Waals surface area (Å²) in [5, 5.41) is 3.38. The molecule has 0 saturated heterocycles. The first-order chi connectivity index (χ1) is 13.8. The van der Waals surface area contributed by atoms with Crippen LogP contribution in [0.2, 0.25) is 15.1 Å². The van der Waals surface area contributed by atoms with Gasteiger partial charge in [-0.05, 0) is 42.8 Å². The van der Waals surface area contributed by atoms with Crippen LogP contribution in [0.25, 0.3) is 6.08 Å². The monoisotopic (exact) mass is 457 g/mol. The van der Waals surface area contributed by atoms with Crippen LogP contribution in [-0.4, -0.2) is 32.2 Å². The van der Waals surface area contributed by atoms with Crippen LogP contribution in [0.15, 0.2) is 36.4 Å². The SMILES string of the molecule is COc1cc(/C=C/C(=O)OC(C)C(=O)Nc2cccc(Cl)c2Cl)cc(Cl)c1OC. The number of nitrogens with one attached hydrogen (secondary N) is 1. The van der Waals surface area contributed by atoms with Crippen molar-refractivity contribution >= 4 is 58.4 Å². The molecule has 2 aromatic carbocycles. The molecule has 0 fully saturated rings. The summed E-state index contributed by atoms with van der Waals surface area (Å²) in [6, 6.07) is 8.06. The Balaban J connectivity index is 2.02. The number of esters is 1. The Morgan fingerprint density at radius 3 is 2.45 bits per heavy atom. The molecule has 0 bridgehead atoms. The smallest absolute Gasteiger partial charge is 0.331 e. The number of methoxy groups -OCH3 is 2. The Bertz CT molecular complexity index is 946. The van der Waals surface area contributed by atoms with E-state index in [4.69, 9.17) is 49.0 Å². The Labute approximate surface area is 183 Å². The van der Waals surface area contributed by atoms with Gasteiger partial charge in [-0.1, -0.05) is 40.9 Å². The van der Waals surface area contributed by atoms with Gasteiger partial charge in [0.1, 0.15) is 0 Å². The van der Waals surface area contributed by atoms with Crippen LogP contribution in [0, 0.1) is 0 Å². The van der Waals surface area contributed by atoms with Gasteiger partial charge in [-0.25, -0.2) is 4.79 Å². The molecule has 2 rings (SSSR count). The van der Waals surface area contributed by atoms with Gasteiger partial charge >= 0.3 is 5.97 Å². The highest BCUT2D eigenvalue weighted by atomic mass is 35.5. The molecule has 1 N–H and O–H groups in total. The van der Waals surface area contributed by atoms with Crippen LogP contribution in [0.5, 0.6) is 11.5 Å². The number of amides is 1. The van der Waals surface area contributed by atoms with Crippen LogP contribution >= 0.6 is 34.8 Å². The van der Waals surface area contributed by atoms with Crippen molar-refractivity contribution in [2.24, 2.45) is 0 Å². The van der Waals surface area contributed by atoms with Crippen molar-refractivity contribution in [2.45, 2.75) is 13.0 Å². The van der Waals surface area contributed by atoms with E-state index in [1.807, 2.05) is 0 Å². The summed E-state index contributed by atoms with van der Waals surface area (Å²) in [4.78, 5) is 24.3. The molecule has 0 aromatic heterocycles. The van der Waals surface area contributed by atoms with Gasteiger partial charge in [0.2, 0.25) is 0 Å². The van der Waals surface area contributed by atoms with Crippen molar-refractivity contribution < 1.29 is 23.8 Å². The minimum Gasteiger partial charge on any atom is -0.493 e. The van der Waals surface area contributed by atoms with Gasteiger partial charge in [0.15, 0.2) is 17.6 Å². The molecule has 0 aliphatic heterocycles. The van der Waals surface area contributed by atoms with Gasteiger partial charge < -0.3 is 19.5 Å². The van der Waals surface area contributed by atoms with E-state index in [1.165, 1.54) is 33.3 Å². The minimum absolute atomic E-state index is 0.200. The molecule has 154 valence electrons. The molecular weight excluding hydrogens is 441 g/mol. The van der Waals surface area contributed by atoms with Crippen molar-refractivity contribution in [1.29, 1.82) is 0 Å². The van der Waals surface area contributed by atoms with Gasteiger partial charge in [0.25, 0.3) is 5.91 Å². The molecule has 1 amide bonds. The van der Waals surface area contributed by atoms with Crippen molar-refractivity contribution in [3.8, 4) is 11.5 Å². The Morgan fingerprint density at radius 1 is 1.07 bits per heavy atom. The number of hydrogen-bond donors (Lipinski definition) is 1. The van der Waals surface area contributed by atoms with E-state index in [0.717, 1.165) is 0 Å². The van der Waals surface area contributed by atoms with Gasteiger partial charge in [0, 0.05) is 6.08 Å². The molecule has 0 heterocycles. The van der Waals surface area contributed by atoms with Gasteiger partial charge in [-0.2, -0.15) is 0 Å². The summed E-state index contributed by atoms with van der Waals surface area (Å²) >= 11 is 18.1. The number of benzene rings is 2. The first-order valence-corrected chi connectivity index (χ1v) is 9.45. The zero-order valence-corrected chi connectivity index (χ0v) is 18.1. The highest BCUT2D eigenvalue weighted by Gasteiger charge is 2.18. The topological polar surface area (TPSA) is 73.9 Å². The molecule has 1 atom stereocenters. The predicted octanol–water partition coefficient (Wildman–Crippen LogP) is 5.25. The average molecular weight is 459 g/mol. The summed E-state index contributed by atoms with van der Waals surface area (Å²) in [7, 11) is 2.95. The quantitative estimate of drug-likeness (QED) is 0.453. The Morgan fingerprint density at radius 2 is 1.79 bits per heavy atom. The number of rotatable bonds is 7. The normalized spacial score (nSPS) is 11.8.